The number of carbonyl (C=O) groups excluding carboxylic acids is 2. The molecule has 0 saturated carbocycles. The molecule has 0 spiro atoms. The largest absolute Gasteiger partial charge is 0.466 e. The van der Waals surface area contributed by atoms with E-state index in [1.165, 1.54) is 231 Å². The summed E-state index contributed by atoms with van der Waals surface area (Å²) in [5.41, 5.74) is 0. The van der Waals surface area contributed by atoms with Crippen LogP contribution in [0.1, 0.15) is 316 Å². The molecule has 3 N–H and O–H groups in total. The molecule has 0 aliphatic carbocycles. The van der Waals surface area contributed by atoms with E-state index in [-0.39, 0.29) is 18.5 Å². The van der Waals surface area contributed by atoms with Crippen LogP contribution >= 0.6 is 0 Å². The maximum atomic E-state index is 12.4. The molecule has 0 bridgehead atoms. The van der Waals surface area contributed by atoms with Gasteiger partial charge in [0.2, 0.25) is 5.91 Å². The van der Waals surface area contributed by atoms with Crippen LogP contribution in [0.5, 0.6) is 0 Å². The molecule has 0 aliphatic rings. The molecular formula is C59H113NO5. The van der Waals surface area contributed by atoms with Crippen molar-refractivity contribution in [2.75, 3.05) is 13.2 Å². The number of aliphatic hydroxyl groups excluding tert-OH is 2. The van der Waals surface area contributed by atoms with E-state index < -0.39 is 12.1 Å². The van der Waals surface area contributed by atoms with Gasteiger partial charge in [-0.3, -0.25) is 9.59 Å². The summed E-state index contributed by atoms with van der Waals surface area (Å²) >= 11 is 0. The van der Waals surface area contributed by atoms with Crippen LogP contribution in [0.25, 0.3) is 0 Å². The van der Waals surface area contributed by atoms with Crippen molar-refractivity contribution < 1.29 is 24.5 Å². The number of unbranched alkanes of at least 4 members (excludes halogenated alkanes) is 39. The van der Waals surface area contributed by atoms with Gasteiger partial charge in [0, 0.05) is 12.8 Å². The summed E-state index contributed by atoms with van der Waals surface area (Å²) in [5, 5.41) is 23.2. The Bertz CT molecular complexity index is 1010. The SMILES string of the molecule is CCC/C=C\C/C=C\CCCCCCCC(=O)OCCCCCCCCCCCCCCCCCCCCCCCCCC(=O)NC(CO)C(O)CCCCCCCCCCCCCC. The molecule has 2 atom stereocenters. The third kappa shape index (κ3) is 51.6. The molecule has 0 fully saturated rings. The first-order chi connectivity index (χ1) is 32.0. The van der Waals surface area contributed by atoms with Crippen molar-refractivity contribution in [3.8, 4) is 0 Å². The molecule has 0 aromatic rings. The fraction of sp³-hybridized carbons (Fsp3) is 0.898. The van der Waals surface area contributed by atoms with Crippen LogP contribution in [0.2, 0.25) is 0 Å². The smallest absolute Gasteiger partial charge is 0.305 e. The van der Waals surface area contributed by atoms with E-state index in [4.69, 9.17) is 4.74 Å². The van der Waals surface area contributed by atoms with Crippen LogP contribution in [-0.4, -0.2) is 47.4 Å². The van der Waals surface area contributed by atoms with Gasteiger partial charge in [0.05, 0.1) is 25.4 Å². The number of ether oxygens (including phenoxy) is 1. The first-order valence-corrected chi connectivity index (χ1v) is 29.1. The normalized spacial score (nSPS) is 12.7. The van der Waals surface area contributed by atoms with Crippen LogP contribution in [0.15, 0.2) is 24.3 Å². The summed E-state index contributed by atoms with van der Waals surface area (Å²) in [6.45, 7) is 4.89. The highest BCUT2D eigenvalue weighted by molar-refractivity contribution is 5.76. The van der Waals surface area contributed by atoms with Crippen LogP contribution < -0.4 is 5.32 Å². The summed E-state index contributed by atoms with van der Waals surface area (Å²) < 4.78 is 5.46. The Morgan fingerprint density at radius 3 is 1.23 bits per heavy atom. The number of aliphatic hydroxyl groups is 2. The maximum absolute atomic E-state index is 12.4. The Hall–Kier alpha value is -1.66. The number of rotatable bonds is 54. The first kappa shape index (κ1) is 63.3. The monoisotopic (exact) mass is 916 g/mol. The van der Waals surface area contributed by atoms with E-state index in [0.717, 1.165) is 51.4 Å². The lowest BCUT2D eigenvalue weighted by atomic mass is 10.0. The van der Waals surface area contributed by atoms with E-state index in [1.807, 2.05) is 0 Å². The fourth-order valence-corrected chi connectivity index (χ4v) is 9.03. The number of amides is 1. The van der Waals surface area contributed by atoms with E-state index in [2.05, 4.69) is 43.5 Å². The van der Waals surface area contributed by atoms with Crippen molar-refractivity contribution >= 4 is 11.9 Å². The number of hydrogen-bond donors (Lipinski definition) is 3. The molecule has 0 aromatic carbocycles. The number of esters is 1. The second-order valence-electron chi connectivity index (χ2n) is 20.0. The quantitative estimate of drug-likeness (QED) is 0.0321. The summed E-state index contributed by atoms with van der Waals surface area (Å²) in [5.74, 6) is -0.0353. The van der Waals surface area contributed by atoms with E-state index in [1.54, 1.807) is 0 Å². The predicted molar refractivity (Wildman–Crippen MR) is 283 cm³/mol. The van der Waals surface area contributed by atoms with Gasteiger partial charge in [0.15, 0.2) is 0 Å². The van der Waals surface area contributed by atoms with Gasteiger partial charge in [-0.25, -0.2) is 0 Å². The molecule has 0 rings (SSSR count). The average Bonchev–Trinajstić information content (AvgIpc) is 3.31. The lowest BCUT2D eigenvalue weighted by Gasteiger charge is -2.22. The molecule has 1 amide bonds. The molecule has 6 nitrogen and oxygen atoms in total. The third-order valence-corrected chi connectivity index (χ3v) is 13.5. The second-order valence-corrected chi connectivity index (χ2v) is 20.0. The minimum Gasteiger partial charge on any atom is -0.466 e. The number of allylic oxidation sites excluding steroid dienone is 4. The topological polar surface area (TPSA) is 95.9 Å². The molecule has 6 heteroatoms. The minimum absolute atomic E-state index is 0.000928. The number of hydrogen-bond acceptors (Lipinski definition) is 5. The van der Waals surface area contributed by atoms with Crippen molar-refractivity contribution in [3.05, 3.63) is 24.3 Å². The zero-order valence-electron chi connectivity index (χ0n) is 43.7. The molecule has 2 unspecified atom stereocenters. The van der Waals surface area contributed by atoms with Gasteiger partial charge in [0.1, 0.15) is 0 Å². The fourth-order valence-electron chi connectivity index (χ4n) is 9.03. The van der Waals surface area contributed by atoms with Gasteiger partial charge in [-0.05, 0) is 51.4 Å². The summed E-state index contributed by atoms with van der Waals surface area (Å²) in [6.07, 6.45) is 66.1. The van der Waals surface area contributed by atoms with Gasteiger partial charge in [-0.2, -0.15) is 0 Å². The van der Waals surface area contributed by atoms with Gasteiger partial charge < -0.3 is 20.3 Å². The number of nitrogens with one attached hydrogen (secondary N) is 1. The molecule has 0 aliphatic heterocycles. The second kappa shape index (κ2) is 54.9. The van der Waals surface area contributed by atoms with Crippen molar-refractivity contribution in [2.45, 2.75) is 328 Å². The van der Waals surface area contributed by atoms with E-state index in [9.17, 15) is 19.8 Å². The average molecular weight is 917 g/mol. The molecule has 0 radical (unpaired) electrons. The van der Waals surface area contributed by atoms with Crippen LogP contribution in [0.3, 0.4) is 0 Å². The summed E-state index contributed by atoms with van der Waals surface area (Å²) in [4.78, 5) is 24.5. The van der Waals surface area contributed by atoms with Gasteiger partial charge >= 0.3 is 5.97 Å². The van der Waals surface area contributed by atoms with Crippen LogP contribution in [0, 0.1) is 0 Å². The highest BCUT2D eigenvalue weighted by Crippen LogP contribution is 2.18. The highest BCUT2D eigenvalue weighted by atomic mass is 16.5. The molecule has 0 heterocycles. The van der Waals surface area contributed by atoms with Crippen molar-refractivity contribution in [1.29, 1.82) is 0 Å². The van der Waals surface area contributed by atoms with Crippen molar-refractivity contribution in [2.24, 2.45) is 0 Å². The van der Waals surface area contributed by atoms with Crippen LogP contribution in [0.4, 0.5) is 0 Å². The molecule has 384 valence electrons. The van der Waals surface area contributed by atoms with Crippen LogP contribution in [-0.2, 0) is 14.3 Å². The maximum Gasteiger partial charge on any atom is 0.305 e. The lowest BCUT2D eigenvalue weighted by molar-refractivity contribution is -0.143. The summed E-state index contributed by atoms with van der Waals surface area (Å²) in [7, 11) is 0. The zero-order chi connectivity index (χ0) is 47.2. The highest BCUT2D eigenvalue weighted by Gasteiger charge is 2.20. The Labute approximate surface area is 405 Å². The summed E-state index contributed by atoms with van der Waals surface area (Å²) in [6, 6.07) is -0.540. The van der Waals surface area contributed by atoms with Gasteiger partial charge in [0.25, 0.3) is 0 Å². The van der Waals surface area contributed by atoms with Crippen molar-refractivity contribution in [3.63, 3.8) is 0 Å². The van der Waals surface area contributed by atoms with Crippen molar-refractivity contribution in [1.82, 2.24) is 5.32 Å². The van der Waals surface area contributed by atoms with E-state index in [0.29, 0.717) is 25.9 Å². The van der Waals surface area contributed by atoms with E-state index >= 15 is 0 Å². The Morgan fingerprint density at radius 2 is 0.800 bits per heavy atom. The standard InChI is InChI=1S/C59H113NO5/c1-3-5-7-9-11-13-15-28-33-37-41-45-49-53-59(64)65-54-50-46-42-38-34-30-27-25-23-21-19-17-18-20-22-24-26-29-32-36-40-44-48-52-58(63)60-56(55-61)57(62)51-47-43-39-35-31-16-14-12-10-8-6-4-2/h7,9,13,15,56-57,61-62H,3-6,8,10-12,14,16-55H2,1-2H3,(H,60,63)/b9-7-,15-13-. The minimum atomic E-state index is -0.662. The Morgan fingerprint density at radius 1 is 0.431 bits per heavy atom. The van der Waals surface area contributed by atoms with Gasteiger partial charge in [-0.15, -0.1) is 0 Å². The molecular weight excluding hydrogens is 803 g/mol. The third-order valence-electron chi connectivity index (χ3n) is 13.5. The molecule has 0 aromatic heterocycles. The lowest BCUT2D eigenvalue weighted by Crippen LogP contribution is -2.45. The zero-order valence-corrected chi connectivity index (χ0v) is 43.7. The van der Waals surface area contributed by atoms with Gasteiger partial charge in [-0.1, -0.05) is 276 Å². The Balaban J connectivity index is 3.36. The number of carbonyl (C=O) groups is 2. The first-order valence-electron chi connectivity index (χ1n) is 29.1. The molecule has 65 heavy (non-hydrogen) atoms. The molecule has 0 saturated heterocycles. The Kier molecular flexibility index (Phi) is 53.5. The predicted octanol–water partition coefficient (Wildman–Crippen LogP) is 17.9.